The Hall–Kier alpha value is -1.15. The van der Waals surface area contributed by atoms with E-state index in [0.29, 0.717) is 30.6 Å². The molecular formula is C12H20F3N3O2. The normalized spacial score (nSPS) is 13.7. The van der Waals surface area contributed by atoms with Crippen LogP contribution in [0.5, 0.6) is 0 Å². The van der Waals surface area contributed by atoms with Crippen molar-refractivity contribution in [2.45, 2.75) is 38.8 Å². The van der Waals surface area contributed by atoms with Gasteiger partial charge in [0.1, 0.15) is 6.61 Å². The minimum absolute atomic E-state index is 0.0813. The van der Waals surface area contributed by atoms with Gasteiger partial charge in [0, 0.05) is 12.8 Å². The van der Waals surface area contributed by atoms with Crippen LogP contribution in [0.15, 0.2) is 4.52 Å². The minimum atomic E-state index is -4.30. The largest absolute Gasteiger partial charge is 0.411 e. The molecule has 2 N–H and O–H groups in total. The van der Waals surface area contributed by atoms with Crippen LogP contribution in [0.4, 0.5) is 13.2 Å². The van der Waals surface area contributed by atoms with E-state index in [9.17, 15) is 13.2 Å². The van der Waals surface area contributed by atoms with Gasteiger partial charge in [0.05, 0.1) is 6.61 Å². The first-order chi connectivity index (χ1) is 9.40. The average molecular weight is 295 g/mol. The zero-order valence-corrected chi connectivity index (χ0v) is 11.4. The monoisotopic (exact) mass is 295 g/mol. The Bertz CT molecular complexity index is 382. The summed E-state index contributed by atoms with van der Waals surface area (Å²) in [5.74, 6) is 1.35. The molecular weight excluding hydrogens is 275 g/mol. The van der Waals surface area contributed by atoms with Gasteiger partial charge in [-0.2, -0.15) is 18.2 Å². The van der Waals surface area contributed by atoms with Gasteiger partial charge in [-0.05, 0) is 25.3 Å². The number of aryl methyl sites for hydroxylation is 1. The van der Waals surface area contributed by atoms with Gasteiger partial charge in [0.25, 0.3) is 0 Å². The summed E-state index contributed by atoms with van der Waals surface area (Å²) in [6.07, 6.45) is -1.62. The Kier molecular flexibility index (Phi) is 6.94. The SMILES string of the molecule is CC(CCN)CCc1nc(CCOCC(F)(F)F)no1. The van der Waals surface area contributed by atoms with E-state index in [1.54, 1.807) is 0 Å². The van der Waals surface area contributed by atoms with Crippen LogP contribution in [0.25, 0.3) is 0 Å². The molecule has 1 heterocycles. The van der Waals surface area contributed by atoms with E-state index in [1.807, 2.05) is 0 Å². The number of halogens is 3. The van der Waals surface area contributed by atoms with E-state index in [-0.39, 0.29) is 13.0 Å². The topological polar surface area (TPSA) is 74.2 Å². The maximum atomic E-state index is 11.8. The van der Waals surface area contributed by atoms with Gasteiger partial charge in [-0.3, -0.25) is 0 Å². The maximum Gasteiger partial charge on any atom is 0.411 e. The number of nitrogens with zero attached hydrogens (tertiary/aromatic N) is 2. The number of ether oxygens (including phenoxy) is 1. The molecule has 1 atom stereocenters. The van der Waals surface area contributed by atoms with Crippen molar-refractivity contribution in [3.05, 3.63) is 11.7 Å². The fourth-order valence-electron chi connectivity index (χ4n) is 1.64. The second-order valence-electron chi connectivity index (χ2n) is 4.74. The van der Waals surface area contributed by atoms with Crippen molar-refractivity contribution in [2.75, 3.05) is 19.8 Å². The number of rotatable bonds is 9. The highest BCUT2D eigenvalue weighted by Crippen LogP contribution is 2.14. The first-order valence-electron chi connectivity index (χ1n) is 6.56. The zero-order valence-electron chi connectivity index (χ0n) is 11.4. The van der Waals surface area contributed by atoms with Gasteiger partial charge < -0.3 is 15.0 Å². The second kappa shape index (κ2) is 8.21. The number of hydrogen-bond donors (Lipinski definition) is 1. The van der Waals surface area contributed by atoms with E-state index in [4.69, 9.17) is 10.3 Å². The molecule has 1 aromatic heterocycles. The molecule has 0 radical (unpaired) electrons. The quantitative estimate of drug-likeness (QED) is 0.706. The molecule has 1 aromatic rings. The Labute approximate surface area is 115 Å². The molecule has 20 heavy (non-hydrogen) atoms. The lowest BCUT2D eigenvalue weighted by Gasteiger charge is -2.06. The van der Waals surface area contributed by atoms with Crippen LogP contribution < -0.4 is 5.73 Å². The summed E-state index contributed by atoms with van der Waals surface area (Å²) >= 11 is 0. The average Bonchev–Trinajstić information content (AvgIpc) is 2.79. The lowest BCUT2D eigenvalue weighted by molar-refractivity contribution is -0.173. The maximum absolute atomic E-state index is 11.8. The first-order valence-corrected chi connectivity index (χ1v) is 6.56. The zero-order chi connectivity index (χ0) is 15.0. The third-order valence-electron chi connectivity index (χ3n) is 2.76. The summed E-state index contributed by atoms with van der Waals surface area (Å²) in [5, 5.41) is 3.70. The summed E-state index contributed by atoms with van der Waals surface area (Å²) in [5.41, 5.74) is 5.46. The summed E-state index contributed by atoms with van der Waals surface area (Å²) in [6, 6.07) is 0. The molecule has 1 rings (SSSR count). The van der Waals surface area contributed by atoms with E-state index in [1.165, 1.54) is 0 Å². The fourth-order valence-corrected chi connectivity index (χ4v) is 1.64. The van der Waals surface area contributed by atoms with E-state index in [2.05, 4.69) is 21.8 Å². The second-order valence-corrected chi connectivity index (χ2v) is 4.74. The van der Waals surface area contributed by atoms with Crippen molar-refractivity contribution in [3.8, 4) is 0 Å². The molecule has 8 heteroatoms. The number of hydrogen-bond acceptors (Lipinski definition) is 5. The van der Waals surface area contributed by atoms with Gasteiger partial charge in [0.15, 0.2) is 5.82 Å². The molecule has 1 unspecified atom stereocenters. The van der Waals surface area contributed by atoms with Gasteiger partial charge in [-0.1, -0.05) is 12.1 Å². The Morgan fingerprint density at radius 1 is 1.30 bits per heavy atom. The standard InChI is InChI=1S/C12H20F3N3O2/c1-9(4-6-16)2-3-11-17-10(18-20-11)5-7-19-8-12(13,14)15/h9H,2-8,16H2,1H3. The summed E-state index contributed by atoms with van der Waals surface area (Å²) in [4.78, 5) is 4.11. The van der Waals surface area contributed by atoms with Crippen LogP contribution in [0.2, 0.25) is 0 Å². The van der Waals surface area contributed by atoms with Crippen molar-refractivity contribution in [1.82, 2.24) is 10.1 Å². The van der Waals surface area contributed by atoms with E-state index < -0.39 is 12.8 Å². The predicted octanol–water partition coefficient (Wildman–Crippen LogP) is 2.11. The van der Waals surface area contributed by atoms with Crippen molar-refractivity contribution in [1.29, 1.82) is 0 Å². The van der Waals surface area contributed by atoms with Crippen molar-refractivity contribution < 1.29 is 22.4 Å². The number of nitrogens with two attached hydrogens (primary N) is 1. The van der Waals surface area contributed by atoms with E-state index in [0.717, 1.165) is 12.8 Å². The van der Waals surface area contributed by atoms with Crippen molar-refractivity contribution in [2.24, 2.45) is 11.7 Å². The highest BCUT2D eigenvalue weighted by atomic mass is 19.4. The fraction of sp³-hybridized carbons (Fsp3) is 0.833. The minimum Gasteiger partial charge on any atom is -0.372 e. The molecule has 0 spiro atoms. The molecule has 0 aliphatic heterocycles. The molecule has 0 fully saturated rings. The van der Waals surface area contributed by atoms with Crippen LogP contribution in [0.1, 0.15) is 31.5 Å². The third-order valence-corrected chi connectivity index (χ3v) is 2.76. The molecule has 0 saturated carbocycles. The Morgan fingerprint density at radius 3 is 2.70 bits per heavy atom. The van der Waals surface area contributed by atoms with Crippen LogP contribution >= 0.6 is 0 Å². The highest BCUT2D eigenvalue weighted by Gasteiger charge is 2.27. The lowest BCUT2D eigenvalue weighted by atomic mass is 10.0. The first kappa shape index (κ1) is 16.9. The molecule has 116 valence electrons. The summed E-state index contributed by atoms with van der Waals surface area (Å²) < 4.78 is 45.0. The third kappa shape index (κ3) is 7.44. The van der Waals surface area contributed by atoms with Crippen LogP contribution in [0.3, 0.4) is 0 Å². The number of aromatic nitrogens is 2. The number of alkyl halides is 3. The molecule has 0 aliphatic rings. The van der Waals surface area contributed by atoms with Gasteiger partial charge >= 0.3 is 6.18 Å². The van der Waals surface area contributed by atoms with Crippen LogP contribution in [0, 0.1) is 5.92 Å². The van der Waals surface area contributed by atoms with Crippen LogP contribution in [-0.4, -0.2) is 36.1 Å². The molecule has 0 saturated heterocycles. The molecule has 5 nitrogen and oxygen atoms in total. The smallest absolute Gasteiger partial charge is 0.372 e. The lowest BCUT2D eigenvalue weighted by Crippen LogP contribution is -2.18. The molecule has 0 aliphatic carbocycles. The predicted molar refractivity (Wildman–Crippen MR) is 66.0 cm³/mol. The molecule has 0 aromatic carbocycles. The van der Waals surface area contributed by atoms with E-state index >= 15 is 0 Å². The van der Waals surface area contributed by atoms with Crippen molar-refractivity contribution in [3.63, 3.8) is 0 Å². The summed E-state index contributed by atoms with van der Waals surface area (Å²) in [7, 11) is 0. The van der Waals surface area contributed by atoms with Crippen LogP contribution in [-0.2, 0) is 17.6 Å². The molecule has 0 amide bonds. The summed E-state index contributed by atoms with van der Waals surface area (Å²) in [6.45, 7) is 1.40. The van der Waals surface area contributed by atoms with Crippen molar-refractivity contribution >= 4 is 0 Å². The Morgan fingerprint density at radius 2 is 2.05 bits per heavy atom. The van der Waals surface area contributed by atoms with Gasteiger partial charge in [0.2, 0.25) is 5.89 Å². The molecule has 0 bridgehead atoms. The van der Waals surface area contributed by atoms with Gasteiger partial charge in [-0.15, -0.1) is 0 Å². The highest BCUT2D eigenvalue weighted by molar-refractivity contribution is 4.87. The Balaban J connectivity index is 2.22. The van der Waals surface area contributed by atoms with Gasteiger partial charge in [-0.25, -0.2) is 0 Å².